The molecule has 5 rings (SSSR count). The van der Waals surface area contributed by atoms with E-state index in [0.29, 0.717) is 5.69 Å². The average Bonchev–Trinajstić information content (AvgIpc) is 3.50. The molecule has 0 radical (unpaired) electrons. The molecule has 38 heavy (non-hydrogen) atoms. The molecule has 5 aromatic rings. The van der Waals surface area contributed by atoms with Crippen molar-refractivity contribution in [3.8, 4) is 0 Å². The predicted molar refractivity (Wildman–Crippen MR) is 127 cm³/mol. The summed E-state index contributed by atoms with van der Waals surface area (Å²) in [6.07, 6.45) is 2.37. The first-order valence-corrected chi connectivity index (χ1v) is 10.2. The topological polar surface area (TPSA) is 280 Å². The second kappa shape index (κ2) is 10.7. The second-order valence-corrected chi connectivity index (χ2v) is 7.19. The first-order valence-electron chi connectivity index (χ1n) is 10.2. The number of benzene rings is 1. The largest absolute Gasteiger partial charge is 0.478 e. The van der Waals surface area contributed by atoms with Crippen LogP contribution in [0.25, 0.3) is 11.3 Å². The first-order chi connectivity index (χ1) is 17.9. The number of carbonyl (C=O) groups excluding carboxylic acids is 2. The summed E-state index contributed by atoms with van der Waals surface area (Å²) in [5.74, 6) is -2.47. The maximum atomic E-state index is 11.4. The third kappa shape index (κ3) is 5.30. The van der Waals surface area contributed by atoms with Gasteiger partial charge in [-0.2, -0.15) is 9.36 Å². The van der Waals surface area contributed by atoms with Gasteiger partial charge in [-0.1, -0.05) is 22.6 Å². The number of amides is 2. The fraction of sp³-hybridized carbons (Fsp3) is 0.105. The SMILES string of the molecule is Cn1nnc2c(C(N)=O)ncn2c1=O.Cn1nnc2c(C(N)=O)ncn2c1=O.Nc1ccccc1C(=O)O. The molecule has 0 atom stereocenters. The number of rotatable bonds is 3. The molecule has 7 N–H and O–H groups in total. The van der Waals surface area contributed by atoms with Crippen LogP contribution in [0, 0.1) is 0 Å². The molecule has 0 spiro atoms. The van der Waals surface area contributed by atoms with Crippen LogP contribution in [0.1, 0.15) is 31.3 Å². The zero-order valence-electron chi connectivity index (χ0n) is 19.7. The Kier molecular flexibility index (Phi) is 7.50. The number of carbonyl (C=O) groups is 3. The summed E-state index contributed by atoms with van der Waals surface area (Å²) < 4.78 is 4.26. The Morgan fingerprint density at radius 2 is 1.21 bits per heavy atom. The van der Waals surface area contributed by atoms with E-state index in [1.807, 2.05) is 0 Å². The number of fused-ring (bicyclic) bond motifs is 2. The van der Waals surface area contributed by atoms with Gasteiger partial charge in [0.1, 0.15) is 12.7 Å². The van der Waals surface area contributed by atoms with E-state index >= 15 is 0 Å². The van der Waals surface area contributed by atoms with Gasteiger partial charge in [0.2, 0.25) is 0 Å². The quantitative estimate of drug-likeness (QED) is 0.169. The highest BCUT2D eigenvalue weighted by molar-refractivity contribution is 5.97. The summed E-state index contributed by atoms with van der Waals surface area (Å²) in [4.78, 5) is 62.2. The van der Waals surface area contributed by atoms with Crippen molar-refractivity contribution in [2.75, 3.05) is 5.73 Å². The summed E-state index contributed by atoms with van der Waals surface area (Å²) in [6.45, 7) is 0. The molecule has 4 heterocycles. The molecule has 0 unspecified atom stereocenters. The smallest absolute Gasteiger partial charge is 0.352 e. The van der Waals surface area contributed by atoms with Crippen LogP contribution in [-0.4, -0.2) is 71.6 Å². The molecule has 4 aromatic heterocycles. The van der Waals surface area contributed by atoms with E-state index in [4.69, 9.17) is 22.3 Å². The Labute approximate surface area is 209 Å². The first kappa shape index (κ1) is 26.6. The van der Waals surface area contributed by atoms with Crippen molar-refractivity contribution in [3.05, 3.63) is 74.8 Å². The minimum Gasteiger partial charge on any atom is -0.478 e. The molecular formula is C19H19N13O6. The van der Waals surface area contributed by atoms with Crippen molar-refractivity contribution in [1.82, 2.24) is 48.8 Å². The van der Waals surface area contributed by atoms with Crippen LogP contribution in [0.5, 0.6) is 0 Å². The second-order valence-electron chi connectivity index (χ2n) is 7.19. The number of primary amides is 2. The summed E-state index contributed by atoms with van der Waals surface area (Å²) in [7, 11) is 2.89. The molecular weight excluding hydrogens is 506 g/mol. The van der Waals surface area contributed by atoms with E-state index < -0.39 is 29.2 Å². The number of nitrogens with zero attached hydrogens (tertiary/aromatic N) is 10. The summed E-state index contributed by atoms with van der Waals surface area (Å²) in [6, 6.07) is 6.36. The zero-order valence-corrected chi connectivity index (χ0v) is 19.7. The molecule has 0 aliphatic carbocycles. The summed E-state index contributed by atoms with van der Waals surface area (Å²) in [5.41, 5.74) is 15.0. The molecule has 0 aliphatic heterocycles. The minimum absolute atomic E-state index is 0.0600. The van der Waals surface area contributed by atoms with Crippen molar-refractivity contribution in [2.24, 2.45) is 25.6 Å². The van der Waals surface area contributed by atoms with Crippen LogP contribution < -0.4 is 28.6 Å². The number of aromatic carboxylic acids is 1. The lowest BCUT2D eigenvalue weighted by Gasteiger charge is -1.96. The number of nitrogen functional groups attached to an aromatic ring is 1. The fourth-order valence-corrected chi connectivity index (χ4v) is 2.80. The normalized spacial score (nSPS) is 10.3. The Morgan fingerprint density at radius 3 is 1.55 bits per heavy atom. The number of hydrogen-bond donors (Lipinski definition) is 4. The van der Waals surface area contributed by atoms with Gasteiger partial charge in [-0.25, -0.2) is 33.2 Å². The number of carboxylic acids is 1. The molecule has 19 nitrogen and oxygen atoms in total. The van der Waals surface area contributed by atoms with Crippen molar-refractivity contribution in [1.29, 1.82) is 0 Å². The van der Waals surface area contributed by atoms with Gasteiger partial charge in [0.15, 0.2) is 22.7 Å². The minimum atomic E-state index is -0.988. The monoisotopic (exact) mass is 525 g/mol. The van der Waals surface area contributed by atoms with E-state index in [-0.39, 0.29) is 28.2 Å². The number of hydrogen-bond acceptors (Lipinski definition) is 12. The highest BCUT2D eigenvalue weighted by Gasteiger charge is 2.14. The summed E-state index contributed by atoms with van der Waals surface area (Å²) in [5, 5.41) is 22.8. The van der Waals surface area contributed by atoms with Gasteiger partial charge in [-0.15, -0.1) is 10.2 Å². The van der Waals surface area contributed by atoms with E-state index in [1.165, 1.54) is 32.8 Å². The van der Waals surface area contributed by atoms with Crippen molar-refractivity contribution >= 4 is 34.8 Å². The van der Waals surface area contributed by atoms with E-state index in [2.05, 4.69) is 30.6 Å². The highest BCUT2D eigenvalue weighted by atomic mass is 16.4. The van der Waals surface area contributed by atoms with Crippen LogP contribution in [0.2, 0.25) is 0 Å². The fourth-order valence-electron chi connectivity index (χ4n) is 2.80. The molecule has 0 bridgehead atoms. The molecule has 0 aliphatic rings. The van der Waals surface area contributed by atoms with Crippen molar-refractivity contribution in [3.63, 3.8) is 0 Å². The Balaban J connectivity index is 0.000000161. The van der Waals surface area contributed by atoms with Gasteiger partial charge in [0.05, 0.1) is 5.56 Å². The number of aryl methyl sites for hydroxylation is 2. The third-order valence-corrected chi connectivity index (χ3v) is 4.66. The molecule has 0 saturated carbocycles. The van der Waals surface area contributed by atoms with Gasteiger partial charge >= 0.3 is 17.3 Å². The van der Waals surface area contributed by atoms with E-state index in [1.54, 1.807) is 18.2 Å². The molecule has 1 aromatic carbocycles. The third-order valence-electron chi connectivity index (χ3n) is 4.66. The average molecular weight is 525 g/mol. The number of carboxylic acid groups (broad SMARTS) is 1. The zero-order chi connectivity index (χ0) is 28.1. The number of nitrogens with two attached hydrogens (primary N) is 3. The maximum Gasteiger partial charge on any atom is 0.352 e. The Morgan fingerprint density at radius 1 is 0.789 bits per heavy atom. The molecule has 0 saturated heterocycles. The number of para-hydroxylation sites is 1. The van der Waals surface area contributed by atoms with E-state index in [9.17, 15) is 24.0 Å². The van der Waals surface area contributed by atoms with Crippen molar-refractivity contribution < 1.29 is 19.5 Å². The molecule has 19 heteroatoms. The van der Waals surface area contributed by atoms with Gasteiger partial charge in [0.25, 0.3) is 11.8 Å². The van der Waals surface area contributed by atoms with Gasteiger partial charge < -0.3 is 22.3 Å². The number of anilines is 1. The van der Waals surface area contributed by atoms with Crippen LogP contribution in [0.3, 0.4) is 0 Å². The molecule has 0 fully saturated rings. The lowest BCUT2D eigenvalue weighted by Crippen LogP contribution is -2.27. The lowest BCUT2D eigenvalue weighted by molar-refractivity contribution is 0.0697. The van der Waals surface area contributed by atoms with Crippen LogP contribution >= 0.6 is 0 Å². The summed E-state index contributed by atoms with van der Waals surface area (Å²) >= 11 is 0. The van der Waals surface area contributed by atoms with Gasteiger partial charge in [0, 0.05) is 19.8 Å². The Hall–Kier alpha value is -6.01. The molecule has 2 amide bonds. The molecule has 196 valence electrons. The lowest BCUT2D eigenvalue weighted by atomic mass is 10.2. The highest BCUT2D eigenvalue weighted by Crippen LogP contribution is 2.09. The van der Waals surface area contributed by atoms with Gasteiger partial charge in [-0.05, 0) is 12.1 Å². The van der Waals surface area contributed by atoms with Crippen molar-refractivity contribution in [2.45, 2.75) is 0 Å². The van der Waals surface area contributed by atoms with E-state index in [0.717, 1.165) is 18.2 Å². The maximum absolute atomic E-state index is 11.4. The number of imidazole rings is 2. The standard InChI is InChI=1S/C7H7NO2.2C6H6N6O2/c8-6-4-2-1-3-5(6)7(9)10;2*1-11-6(14)12-2-8-3(4(7)13)5(12)9-10-11/h1-4H,8H2,(H,9,10);2*2H,1H3,(H2,7,13). The van der Waals surface area contributed by atoms with Gasteiger partial charge in [-0.3, -0.25) is 9.59 Å². The Bertz CT molecular complexity index is 1690. The van der Waals surface area contributed by atoms with Crippen LogP contribution in [0.4, 0.5) is 5.69 Å². The van der Waals surface area contributed by atoms with Crippen LogP contribution in [-0.2, 0) is 14.1 Å². The number of aromatic nitrogens is 10. The van der Waals surface area contributed by atoms with Crippen LogP contribution in [0.15, 0.2) is 46.5 Å². The predicted octanol–water partition coefficient (Wildman–Crippen LogP) is -3.19.